The molecule has 0 spiro atoms. The van der Waals surface area contributed by atoms with Gasteiger partial charge in [-0.3, -0.25) is 9.35 Å². The van der Waals surface area contributed by atoms with Gasteiger partial charge in [-0.2, -0.15) is 13.5 Å². The number of hydrogen-bond donors (Lipinski definition) is 2. The summed E-state index contributed by atoms with van der Waals surface area (Å²) < 4.78 is 35.1. The molecule has 0 aliphatic rings. The Morgan fingerprint density at radius 2 is 2.00 bits per heavy atom. The van der Waals surface area contributed by atoms with E-state index in [0.717, 1.165) is 12.3 Å². The number of benzene rings is 1. The molecule has 2 rings (SSSR count). The lowest BCUT2D eigenvalue weighted by atomic mass is 10.2. The van der Waals surface area contributed by atoms with Crippen molar-refractivity contribution in [3.63, 3.8) is 0 Å². The molecule has 1 aromatic carbocycles. The lowest BCUT2D eigenvalue weighted by Crippen LogP contribution is -2.17. The Kier molecular flexibility index (Phi) is 4.87. The van der Waals surface area contributed by atoms with E-state index in [1.54, 1.807) is 0 Å². The van der Waals surface area contributed by atoms with Gasteiger partial charge < -0.3 is 4.42 Å². The Morgan fingerprint density at radius 3 is 2.59 bits per heavy atom. The van der Waals surface area contributed by atoms with Crippen molar-refractivity contribution in [2.45, 2.75) is 5.09 Å². The Labute approximate surface area is 135 Å². The summed E-state index contributed by atoms with van der Waals surface area (Å²) in [6, 6.07) is 6.64. The van der Waals surface area contributed by atoms with Gasteiger partial charge in [-0.05, 0) is 30.3 Å². The number of amides is 1. The second kappa shape index (κ2) is 6.49. The molecule has 0 bridgehead atoms. The highest BCUT2D eigenvalue weighted by molar-refractivity contribution is 7.85. The van der Waals surface area contributed by atoms with Gasteiger partial charge in [0.25, 0.3) is 5.91 Å². The van der Waals surface area contributed by atoms with Crippen LogP contribution in [0, 0.1) is 0 Å². The molecule has 0 fully saturated rings. The summed E-state index contributed by atoms with van der Waals surface area (Å²) >= 11 is 11.6. The van der Waals surface area contributed by atoms with Crippen molar-refractivity contribution in [2.75, 3.05) is 0 Å². The number of hydrogen-bond acceptors (Lipinski definition) is 5. The second-order valence-electron chi connectivity index (χ2n) is 3.96. The SMILES string of the molecule is O=C(N/N=C/c1ccc(S(=O)(=O)O)o1)c1ccc(Cl)cc1Cl. The Morgan fingerprint density at radius 1 is 1.27 bits per heavy atom. The maximum Gasteiger partial charge on any atom is 0.328 e. The van der Waals surface area contributed by atoms with E-state index in [1.165, 1.54) is 24.3 Å². The van der Waals surface area contributed by atoms with Crippen LogP contribution in [-0.4, -0.2) is 25.1 Å². The van der Waals surface area contributed by atoms with Crippen LogP contribution in [0.25, 0.3) is 0 Å². The third kappa shape index (κ3) is 4.08. The number of nitrogens with zero attached hydrogens (tertiary/aromatic N) is 1. The van der Waals surface area contributed by atoms with Crippen LogP contribution < -0.4 is 5.43 Å². The van der Waals surface area contributed by atoms with Crippen molar-refractivity contribution in [1.29, 1.82) is 0 Å². The Hall–Kier alpha value is -1.87. The summed E-state index contributed by atoms with van der Waals surface area (Å²) in [6.07, 6.45) is 1.07. The van der Waals surface area contributed by atoms with Crippen LogP contribution in [0.1, 0.15) is 16.1 Å². The zero-order valence-electron chi connectivity index (χ0n) is 10.7. The lowest BCUT2D eigenvalue weighted by Gasteiger charge is -2.02. The molecular formula is C12H8Cl2N2O5S. The maximum atomic E-state index is 11.8. The van der Waals surface area contributed by atoms with Crippen LogP contribution in [0.5, 0.6) is 0 Å². The molecule has 1 amide bonds. The summed E-state index contributed by atoms with van der Waals surface area (Å²) in [4.78, 5) is 11.8. The number of rotatable bonds is 4. The minimum Gasteiger partial charge on any atom is -0.441 e. The molecule has 0 unspecified atom stereocenters. The zero-order chi connectivity index (χ0) is 16.3. The predicted molar refractivity (Wildman–Crippen MR) is 80.0 cm³/mol. The van der Waals surface area contributed by atoms with Gasteiger partial charge in [-0.15, -0.1) is 0 Å². The molecule has 2 aromatic rings. The summed E-state index contributed by atoms with van der Waals surface area (Å²) in [7, 11) is -4.42. The standard InChI is InChI=1S/C12H8Cl2N2O5S/c13-7-1-3-9(10(14)5-7)12(17)16-15-6-8-2-4-11(21-8)22(18,19)20/h1-6H,(H,16,17)(H,18,19,20)/b15-6+. The number of carbonyl (C=O) groups excluding carboxylic acids is 1. The van der Waals surface area contributed by atoms with Gasteiger partial charge in [0.2, 0.25) is 5.09 Å². The van der Waals surface area contributed by atoms with E-state index in [1.807, 2.05) is 0 Å². The molecule has 0 radical (unpaired) electrons. The number of halogens is 2. The first-order valence-corrected chi connectivity index (χ1v) is 7.83. The number of carbonyl (C=O) groups is 1. The van der Waals surface area contributed by atoms with Gasteiger partial charge in [0.15, 0.2) is 0 Å². The molecule has 1 heterocycles. The van der Waals surface area contributed by atoms with Gasteiger partial charge in [0, 0.05) is 5.02 Å². The van der Waals surface area contributed by atoms with Gasteiger partial charge in [-0.25, -0.2) is 5.43 Å². The third-order valence-electron chi connectivity index (χ3n) is 2.39. The van der Waals surface area contributed by atoms with E-state index in [-0.39, 0.29) is 16.3 Å². The highest BCUT2D eigenvalue weighted by Gasteiger charge is 2.14. The fourth-order valence-corrected chi connectivity index (χ4v) is 2.37. The van der Waals surface area contributed by atoms with Crippen molar-refractivity contribution in [3.8, 4) is 0 Å². The van der Waals surface area contributed by atoms with Gasteiger partial charge >= 0.3 is 10.1 Å². The van der Waals surface area contributed by atoms with Crippen LogP contribution in [-0.2, 0) is 10.1 Å². The first kappa shape index (κ1) is 16.5. The molecule has 22 heavy (non-hydrogen) atoms. The molecule has 0 aliphatic heterocycles. The quantitative estimate of drug-likeness (QED) is 0.493. The molecular weight excluding hydrogens is 355 g/mol. The van der Waals surface area contributed by atoms with E-state index in [0.29, 0.717) is 5.02 Å². The average Bonchev–Trinajstić information content (AvgIpc) is 2.87. The fourth-order valence-electron chi connectivity index (χ4n) is 1.43. The normalized spacial score (nSPS) is 11.8. The van der Waals surface area contributed by atoms with Crippen LogP contribution >= 0.6 is 23.2 Å². The summed E-state index contributed by atoms with van der Waals surface area (Å²) in [6.45, 7) is 0. The molecule has 2 N–H and O–H groups in total. The molecule has 116 valence electrons. The molecule has 7 nitrogen and oxygen atoms in total. The smallest absolute Gasteiger partial charge is 0.328 e. The maximum absolute atomic E-state index is 11.8. The van der Waals surface area contributed by atoms with Gasteiger partial charge in [0.1, 0.15) is 5.76 Å². The van der Waals surface area contributed by atoms with E-state index in [2.05, 4.69) is 10.5 Å². The summed E-state index contributed by atoms with van der Waals surface area (Å²) in [5.41, 5.74) is 2.35. The largest absolute Gasteiger partial charge is 0.441 e. The second-order valence-corrected chi connectivity index (χ2v) is 6.15. The van der Waals surface area contributed by atoms with Crippen molar-refractivity contribution in [3.05, 3.63) is 51.7 Å². The highest BCUT2D eigenvalue weighted by atomic mass is 35.5. The van der Waals surface area contributed by atoms with Crippen LogP contribution in [0.3, 0.4) is 0 Å². The van der Waals surface area contributed by atoms with Crippen LogP contribution in [0.2, 0.25) is 10.0 Å². The summed E-state index contributed by atoms with van der Waals surface area (Å²) in [5.74, 6) is -0.561. The van der Waals surface area contributed by atoms with E-state index in [4.69, 9.17) is 32.2 Å². The molecule has 0 aliphatic carbocycles. The first-order chi connectivity index (χ1) is 10.3. The highest BCUT2D eigenvalue weighted by Crippen LogP contribution is 2.20. The Bertz CT molecular complexity index is 845. The number of hydrazone groups is 1. The molecule has 0 saturated heterocycles. The van der Waals surface area contributed by atoms with Crippen molar-refractivity contribution < 1.29 is 22.2 Å². The average molecular weight is 363 g/mol. The van der Waals surface area contributed by atoms with E-state index in [9.17, 15) is 13.2 Å². The van der Waals surface area contributed by atoms with Gasteiger partial charge in [0.05, 0.1) is 16.8 Å². The number of furan rings is 1. The van der Waals surface area contributed by atoms with Gasteiger partial charge in [-0.1, -0.05) is 23.2 Å². The topological polar surface area (TPSA) is 109 Å². The molecule has 1 aromatic heterocycles. The van der Waals surface area contributed by atoms with Crippen molar-refractivity contribution in [2.24, 2.45) is 5.10 Å². The zero-order valence-corrected chi connectivity index (χ0v) is 13.0. The minimum absolute atomic E-state index is 0.0233. The third-order valence-corrected chi connectivity index (χ3v) is 3.67. The van der Waals surface area contributed by atoms with Crippen molar-refractivity contribution in [1.82, 2.24) is 5.43 Å². The summed E-state index contributed by atoms with van der Waals surface area (Å²) in [5, 5.41) is 3.51. The predicted octanol–water partition coefficient (Wildman–Crippen LogP) is 2.60. The van der Waals surface area contributed by atoms with Crippen LogP contribution in [0.15, 0.2) is 44.9 Å². The van der Waals surface area contributed by atoms with E-state index >= 15 is 0 Å². The van der Waals surface area contributed by atoms with E-state index < -0.39 is 21.1 Å². The molecule has 0 atom stereocenters. The number of nitrogens with one attached hydrogen (secondary N) is 1. The minimum atomic E-state index is -4.42. The first-order valence-electron chi connectivity index (χ1n) is 5.63. The monoisotopic (exact) mass is 362 g/mol. The van der Waals surface area contributed by atoms with Crippen molar-refractivity contribution >= 4 is 45.4 Å². The lowest BCUT2D eigenvalue weighted by molar-refractivity contribution is 0.0955. The Balaban J connectivity index is 2.06. The molecule has 0 saturated carbocycles. The molecule has 10 heteroatoms. The fraction of sp³-hybridized carbons (Fsp3) is 0. The van der Waals surface area contributed by atoms with Crippen LogP contribution in [0.4, 0.5) is 0 Å².